The van der Waals surface area contributed by atoms with E-state index in [9.17, 15) is 14.7 Å². The van der Waals surface area contributed by atoms with Crippen LogP contribution in [0.5, 0.6) is 0 Å². The van der Waals surface area contributed by atoms with Gasteiger partial charge in [0, 0.05) is 12.6 Å². The molecule has 0 bridgehead atoms. The van der Waals surface area contributed by atoms with Crippen LogP contribution in [-0.4, -0.2) is 47.5 Å². The predicted molar refractivity (Wildman–Crippen MR) is 97.1 cm³/mol. The standard InChI is InChI=1S/C18H26N4O3/c1-12(2)8-14(11-23)21-18(25)16(22-17(24)15(20)10-19)9-13-6-4-3-5-7-13/h3-7,10,12,14,16,19-20,23H,8-9,11H2,1-2H3,(H,21,25)(H,22,24)/t14-,16-/m0/s1. The smallest absolute Gasteiger partial charge is 0.271 e. The molecule has 1 aromatic rings. The van der Waals surface area contributed by atoms with E-state index in [1.165, 1.54) is 0 Å². The quantitative estimate of drug-likeness (QED) is 0.404. The summed E-state index contributed by atoms with van der Waals surface area (Å²) in [7, 11) is 0. The van der Waals surface area contributed by atoms with E-state index in [4.69, 9.17) is 10.8 Å². The van der Waals surface area contributed by atoms with Gasteiger partial charge in [-0.25, -0.2) is 0 Å². The third-order valence-electron chi connectivity index (χ3n) is 3.62. The van der Waals surface area contributed by atoms with Crippen LogP contribution >= 0.6 is 0 Å². The van der Waals surface area contributed by atoms with E-state index in [1.807, 2.05) is 44.2 Å². The minimum absolute atomic E-state index is 0.188. The topological polar surface area (TPSA) is 126 Å². The summed E-state index contributed by atoms with van der Waals surface area (Å²) in [6.45, 7) is 3.79. The number of benzene rings is 1. The molecule has 0 aromatic heterocycles. The average Bonchev–Trinajstić information content (AvgIpc) is 2.60. The highest BCUT2D eigenvalue weighted by Crippen LogP contribution is 2.07. The largest absolute Gasteiger partial charge is 0.394 e. The first-order valence-corrected chi connectivity index (χ1v) is 8.22. The van der Waals surface area contributed by atoms with Crippen molar-refractivity contribution >= 4 is 23.7 Å². The van der Waals surface area contributed by atoms with Crippen molar-refractivity contribution in [3.8, 4) is 0 Å². The summed E-state index contributed by atoms with van der Waals surface area (Å²) in [6.07, 6.45) is 1.50. The SMILES string of the molecule is CC(C)C[C@@H](CO)NC(=O)[C@H](Cc1ccccc1)NC(=O)C(=N)C=N. The first kappa shape index (κ1) is 20.5. The van der Waals surface area contributed by atoms with Gasteiger partial charge in [-0.3, -0.25) is 15.0 Å². The van der Waals surface area contributed by atoms with Crippen molar-refractivity contribution in [1.29, 1.82) is 10.8 Å². The Morgan fingerprint density at radius 1 is 1.20 bits per heavy atom. The van der Waals surface area contributed by atoms with E-state index in [0.29, 0.717) is 18.6 Å². The van der Waals surface area contributed by atoms with Crippen LogP contribution in [0.4, 0.5) is 0 Å². The second-order valence-corrected chi connectivity index (χ2v) is 6.29. The fourth-order valence-electron chi connectivity index (χ4n) is 2.41. The van der Waals surface area contributed by atoms with E-state index in [-0.39, 0.29) is 13.0 Å². The Kier molecular flexibility index (Phi) is 8.49. The minimum atomic E-state index is -0.892. The number of hydrogen-bond acceptors (Lipinski definition) is 5. The number of aliphatic hydroxyl groups excluding tert-OH is 1. The van der Waals surface area contributed by atoms with Gasteiger partial charge < -0.3 is 21.1 Å². The number of aliphatic hydroxyl groups is 1. The van der Waals surface area contributed by atoms with Gasteiger partial charge in [0.1, 0.15) is 11.8 Å². The fraction of sp³-hybridized carbons (Fsp3) is 0.444. The average molecular weight is 346 g/mol. The first-order valence-electron chi connectivity index (χ1n) is 8.22. The lowest BCUT2D eigenvalue weighted by Gasteiger charge is -2.23. The van der Waals surface area contributed by atoms with Crippen molar-refractivity contribution < 1.29 is 14.7 Å². The number of rotatable bonds is 10. The number of amides is 2. The Labute approximate surface area is 147 Å². The molecule has 7 nitrogen and oxygen atoms in total. The summed E-state index contributed by atoms with van der Waals surface area (Å²) in [5, 5.41) is 29.1. The molecule has 0 aliphatic carbocycles. The summed E-state index contributed by atoms with van der Waals surface area (Å²) < 4.78 is 0. The van der Waals surface area contributed by atoms with Crippen molar-refractivity contribution in [3.05, 3.63) is 35.9 Å². The molecule has 7 heteroatoms. The summed E-state index contributed by atoms with van der Waals surface area (Å²) in [6, 6.07) is 7.91. The predicted octanol–water partition coefficient (Wildman–Crippen LogP) is 0.906. The van der Waals surface area contributed by atoms with Crippen LogP contribution in [0.2, 0.25) is 0 Å². The van der Waals surface area contributed by atoms with E-state index in [1.54, 1.807) is 0 Å². The van der Waals surface area contributed by atoms with Crippen LogP contribution in [0.3, 0.4) is 0 Å². The maximum absolute atomic E-state index is 12.6. The molecule has 5 N–H and O–H groups in total. The molecule has 2 amide bonds. The number of carbonyl (C=O) groups is 2. The highest BCUT2D eigenvalue weighted by atomic mass is 16.3. The van der Waals surface area contributed by atoms with Gasteiger partial charge in [-0.05, 0) is 17.9 Å². The lowest BCUT2D eigenvalue weighted by Crippen LogP contribution is -2.53. The first-order chi connectivity index (χ1) is 11.9. The highest BCUT2D eigenvalue weighted by molar-refractivity contribution is 6.59. The molecule has 0 saturated carbocycles. The van der Waals surface area contributed by atoms with Crippen LogP contribution in [0, 0.1) is 16.7 Å². The van der Waals surface area contributed by atoms with E-state index >= 15 is 0 Å². The third-order valence-corrected chi connectivity index (χ3v) is 3.62. The van der Waals surface area contributed by atoms with Crippen molar-refractivity contribution in [2.24, 2.45) is 5.92 Å². The van der Waals surface area contributed by atoms with Gasteiger partial charge in [-0.15, -0.1) is 0 Å². The van der Waals surface area contributed by atoms with Gasteiger partial charge in [0.15, 0.2) is 0 Å². The Bertz CT molecular complexity index is 602. The molecule has 0 radical (unpaired) electrons. The Hall–Kier alpha value is -2.54. The monoisotopic (exact) mass is 346 g/mol. The van der Waals surface area contributed by atoms with Crippen LogP contribution in [0.1, 0.15) is 25.8 Å². The van der Waals surface area contributed by atoms with Gasteiger partial charge in [0.05, 0.1) is 12.6 Å². The van der Waals surface area contributed by atoms with E-state index < -0.39 is 29.6 Å². The molecule has 0 fully saturated rings. The summed E-state index contributed by atoms with van der Waals surface area (Å²) in [5.41, 5.74) is 0.334. The van der Waals surface area contributed by atoms with Gasteiger partial charge in [-0.1, -0.05) is 44.2 Å². The zero-order valence-electron chi connectivity index (χ0n) is 14.6. The molecule has 136 valence electrons. The molecule has 0 saturated heterocycles. The maximum atomic E-state index is 12.6. The molecule has 0 heterocycles. The second-order valence-electron chi connectivity index (χ2n) is 6.29. The molecule has 1 aromatic carbocycles. The van der Waals surface area contributed by atoms with Crippen molar-refractivity contribution in [1.82, 2.24) is 10.6 Å². The van der Waals surface area contributed by atoms with Gasteiger partial charge >= 0.3 is 0 Å². The summed E-state index contributed by atoms with van der Waals surface area (Å²) in [5.74, 6) is -0.907. The summed E-state index contributed by atoms with van der Waals surface area (Å²) in [4.78, 5) is 24.5. The molecule has 0 spiro atoms. The number of carbonyl (C=O) groups excluding carboxylic acids is 2. The molecular formula is C18H26N4O3. The second kappa shape index (κ2) is 10.4. The lowest BCUT2D eigenvalue weighted by molar-refractivity contribution is -0.127. The molecule has 0 aliphatic heterocycles. The Balaban J connectivity index is 2.87. The van der Waals surface area contributed by atoms with E-state index in [0.717, 1.165) is 5.56 Å². The van der Waals surface area contributed by atoms with Crippen molar-refractivity contribution in [2.45, 2.75) is 38.8 Å². The lowest BCUT2D eigenvalue weighted by atomic mass is 10.0. The minimum Gasteiger partial charge on any atom is -0.394 e. The Morgan fingerprint density at radius 2 is 1.84 bits per heavy atom. The van der Waals surface area contributed by atoms with Gasteiger partial charge in [-0.2, -0.15) is 0 Å². The molecular weight excluding hydrogens is 320 g/mol. The fourth-order valence-corrected chi connectivity index (χ4v) is 2.41. The summed E-state index contributed by atoms with van der Waals surface area (Å²) >= 11 is 0. The maximum Gasteiger partial charge on any atom is 0.271 e. The van der Waals surface area contributed by atoms with Crippen LogP contribution in [0.25, 0.3) is 0 Å². The molecule has 2 atom stereocenters. The molecule has 0 aliphatic rings. The van der Waals surface area contributed by atoms with Crippen molar-refractivity contribution in [2.75, 3.05) is 6.61 Å². The molecule has 1 rings (SSSR count). The van der Waals surface area contributed by atoms with Gasteiger partial charge in [0.25, 0.3) is 5.91 Å². The van der Waals surface area contributed by atoms with Crippen molar-refractivity contribution in [3.63, 3.8) is 0 Å². The van der Waals surface area contributed by atoms with E-state index in [2.05, 4.69) is 10.6 Å². The van der Waals surface area contributed by atoms with Crippen LogP contribution in [-0.2, 0) is 16.0 Å². The van der Waals surface area contributed by atoms with Gasteiger partial charge in [0.2, 0.25) is 5.91 Å². The number of nitrogens with one attached hydrogen (secondary N) is 4. The molecule has 0 unspecified atom stereocenters. The molecule has 25 heavy (non-hydrogen) atoms. The third kappa shape index (κ3) is 7.26. The van der Waals surface area contributed by atoms with Crippen LogP contribution < -0.4 is 10.6 Å². The van der Waals surface area contributed by atoms with Crippen LogP contribution in [0.15, 0.2) is 30.3 Å². The zero-order chi connectivity index (χ0) is 18.8. The Morgan fingerprint density at radius 3 is 2.36 bits per heavy atom. The zero-order valence-corrected chi connectivity index (χ0v) is 14.6. The normalized spacial score (nSPS) is 13.0. The number of hydrogen-bond donors (Lipinski definition) is 5. The highest BCUT2D eigenvalue weighted by Gasteiger charge is 2.24.